The van der Waals surface area contributed by atoms with E-state index >= 15 is 0 Å². The molecular formula is C31H42S8. The van der Waals surface area contributed by atoms with Gasteiger partial charge in [0.15, 0.2) is 0 Å². The lowest BCUT2D eigenvalue weighted by Crippen LogP contribution is -2.28. The van der Waals surface area contributed by atoms with Crippen LogP contribution in [-0.4, -0.2) is 66.2 Å². The smallest absolute Gasteiger partial charge is 0.0674 e. The Morgan fingerprint density at radius 2 is 1.21 bits per heavy atom. The van der Waals surface area contributed by atoms with Gasteiger partial charge in [-0.2, -0.15) is 47.0 Å². The summed E-state index contributed by atoms with van der Waals surface area (Å²) >= 11 is 17.1. The summed E-state index contributed by atoms with van der Waals surface area (Å²) in [6, 6.07) is 17.5. The van der Waals surface area contributed by atoms with Crippen LogP contribution < -0.4 is 0 Å². The second-order valence-electron chi connectivity index (χ2n) is 9.13. The van der Waals surface area contributed by atoms with Crippen molar-refractivity contribution in [2.45, 2.75) is 27.1 Å². The van der Waals surface area contributed by atoms with Crippen LogP contribution in [0.15, 0.2) is 61.7 Å². The minimum atomic E-state index is 0.395. The molecule has 0 nitrogen and oxygen atoms in total. The van der Waals surface area contributed by atoms with Crippen molar-refractivity contribution in [3.05, 3.63) is 83.9 Å². The third kappa shape index (κ3) is 14.6. The predicted octanol–water partition coefficient (Wildman–Crippen LogP) is 10.6. The monoisotopic (exact) mass is 670 g/mol. The predicted molar refractivity (Wildman–Crippen MR) is 202 cm³/mol. The van der Waals surface area contributed by atoms with E-state index in [1.54, 1.807) is 0 Å². The van der Waals surface area contributed by atoms with Gasteiger partial charge in [0.05, 0.1) is 8.66 Å². The molecule has 0 radical (unpaired) electrons. The third-order valence-corrected chi connectivity index (χ3v) is 18.0. The van der Waals surface area contributed by atoms with Gasteiger partial charge < -0.3 is 0 Å². The Morgan fingerprint density at radius 1 is 0.718 bits per heavy atom. The topological polar surface area (TPSA) is 0 Å². The molecule has 0 saturated carbocycles. The highest BCUT2D eigenvalue weighted by molar-refractivity contribution is 8.24. The molecule has 0 aromatic heterocycles. The number of thioether (sulfide) groups is 8. The fraction of sp³-hybridized carbons (Fsp3) is 0.484. The zero-order valence-corrected chi connectivity index (χ0v) is 29.5. The van der Waals surface area contributed by atoms with Gasteiger partial charge >= 0.3 is 0 Å². The zero-order valence-electron chi connectivity index (χ0n) is 23.0. The molecule has 0 bridgehead atoms. The first-order chi connectivity index (χ1) is 19.1. The molecule has 214 valence electrons. The molecule has 3 rings (SSSR count). The van der Waals surface area contributed by atoms with E-state index in [1.165, 1.54) is 79.8 Å². The lowest BCUT2D eigenvalue weighted by Gasteiger charge is -2.35. The first-order valence-corrected chi connectivity index (χ1v) is 22.0. The zero-order chi connectivity index (χ0) is 27.6. The van der Waals surface area contributed by atoms with E-state index in [-0.39, 0.29) is 0 Å². The van der Waals surface area contributed by atoms with E-state index < -0.39 is 0 Å². The summed E-state index contributed by atoms with van der Waals surface area (Å²) in [5.74, 6) is 14.9. The van der Waals surface area contributed by atoms with Gasteiger partial charge in [-0.3, -0.25) is 0 Å². The highest BCUT2D eigenvalue weighted by atomic mass is 32.2. The Morgan fingerprint density at radius 3 is 1.69 bits per heavy atom. The van der Waals surface area contributed by atoms with Gasteiger partial charge in [-0.05, 0) is 29.2 Å². The largest absolute Gasteiger partial charge is 0.160 e. The van der Waals surface area contributed by atoms with Gasteiger partial charge in [0, 0.05) is 69.0 Å². The van der Waals surface area contributed by atoms with Gasteiger partial charge in [0.1, 0.15) is 0 Å². The Hall–Kier alpha value is 0.720. The lowest BCUT2D eigenvalue weighted by atomic mass is 10.1. The molecule has 0 amide bonds. The molecule has 39 heavy (non-hydrogen) atoms. The van der Waals surface area contributed by atoms with Crippen LogP contribution in [0.3, 0.4) is 0 Å². The first-order valence-electron chi connectivity index (χ1n) is 13.3. The number of benzene rings is 2. The van der Waals surface area contributed by atoms with Crippen molar-refractivity contribution < 1.29 is 0 Å². The van der Waals surface area contributed by atoms with Crippen molar-refractivity contribution in [1.82, 2.24) is 0 Å². The Kier molecular flexibility index (Phi) is 18.1. The average Bonchev–Trinajstić information content (AvgIpc) is 2.97. The summed E-state index contributed by atoms with van der Waals surface area (Å²) in [4.78, 5) is 0. The molecule has 2 aromatic rings. The lowest BCUT2D eigenvalue weighted by molar-refractivity contribution is 1.03. The Labute approximate surface area is 272 Å². The van der Waals surface area contributed by atoms with Crippen LogP contribution in [0.1, 0.15) is 29.2 Å². The molecule has 2 atom stereocenters. The minimum absolute atomic E-state index is 0.395. The first kappa shape index (κ1) is 34.2. The van der Waals surface area contributed by atoms with Crippen LogP contribution in [0.25, 0.3) is 12.2 Å². The summed E-state index contributed by atoms with van der Waals surface area (Å²) in [6.45, 7) is 10.1. The van der Waals surface area contributed by atoms with E-state index in [0.29, 0.717) is 4.08 Å². The van der Waals surface area contributed by atoms with Gasteiger partial charge in [-0.15, -0.1) is 47.0 Å². The maximum Gasteiger partial charge on any atom is 0.0674 e. The summed E-state index contributed by atoms with van der Waals surface area (Å²) in [6.07, 6.45) is 3.81. The van der Waals surface area contributed by atoms with Crippen molar-refractivity contribution in [3.63, 3.8) is 0 Å². The minimum Gasteiger partial charge on any atom is -0.160 e. The van der Waals surface area contributed by atoms with Crippen molar-refractivity contribution in [2.75, 3.05) is 57.5 Å². The van der Waals surface area contributed by atoms with Crippen LogP contribution in [0.4, 0.5) is 0 Å². The molecule has 1 fully saturated rings. The fourth-order valence-corrected chi connectivity index (χ4v) is 14.3. The standard InChI is InChI=1S/C31H42S8/c1-4-26-6-10-28(11-7-26)22-34-16-14-32-18-20-36-30-24-39-31(3,25-37-30)38-21-19-33-15-17-35-23-29-12-8-27(5-2)9-13-29/h4-13,30H,1-2,14-25H2,3H3. The second-order valence-corrected chi connectivity index (χ2v) is 20.0. The number of hydrogen-bond donors (Lipinski definition) is 0. The summed E-state index contributed by atoms with van der Waals surface area (Å²) in [5.41, 5.74) is 5.23. The van der Waals surface area contributed by atoms with Crippen molar-refractivity contribution in [2.24, 2.45) is 0 Å². The molecule has 0 N–H and O–H groups in total. The molecule has 1 saturated heterocycles. The average molecular weight is 671 g/mol. The normalized spacial score (nSPS) is 19.2. The van der Waals surface area contributed by atoms with Gasteiger partial charge in [-0.1, -0.05) is 73.8 Å². The number of rotatable bonds is 20. The maximum atomic E-state index is 3.83. The van der Waals surface area contributed by atoms with Gasteiger partial charge in [-0.25, -0.2) is 0 Å². The highest BCUT2D eigenvalue weighted by Crippen LogP contribution is 2.48. The van der Waals surface area contributed by atoms with Crippen LogP contribution in [0.2, 0.25) is 0 Å². The van der Waals surface area contributed by atoms with E-state index in [1.807, 2.05) is 23.9 Å². The Bertz CT molecular complexity index is 936. The molecule has 1 aliphatic rings. The number of hydrogen-bond acceptors (Lipinski definition) is 8. The summed E-state index contributed by atoms with van der Waals surface area (Å²) in [7, 11) is 0. The fourth-order valence-electron chi connectivity index (χ4n) is 3.63. The van der Waals surface area contributed by atoms with Crippen molar-refractivity contribution >= 4 is 106 Å². The quantitative estimate of drug-likeness (QED) is 0.126. The second kappa shape index (κ2) is 20.6. The molecular weight excluding hydrogens is 629 g/mol. The van der Waals surface area contributed by atoms with Crippen LogP contribution in [0.5, 0.6) is 0 Å². The van der Waals surface area contributed by atoms with Crippen molar-refractivity contribution in [3.8, 4) is 0 Å². The third-order valence-electron chi connectivity index (χ3n) is 5.93. The summed E-state index contributed by atoms with van der Waals surface area (Å²) in [5, 5.41) is 0. The van der Waals surface area contributed by atoms with E-state index in [4.69, 9.17) is 0 Å². The molecule has 0 aliphatic carbocycles. The molecule has 1 aliphatic heterocycles. The van der Waals surface area contributed by atoms with Crippen LogP contribution >= 0.6 is 94.1 Å². The SMILES string of the molecule is C=Cc1ccc(CSCCSCCSC2CSC(C)(SCCSCCSCc3ccc(C=C)cc3)CS2)cc1. The van der Waals surface area contributed by atoms with E-state index in [2.05, 4.69) is 151 Å². The van der Waals surface area contributed by atoms with E-state index in [0.717, 1.165) is 16.1 Å². The van der Waals surface area contributed by atoms with Gasteiger partial charge in [0.2, 0.25) is 0 Å². The summed E-state index contributed by atoms with van der Waals surface area (Å²) < 4.78 is 1.17. The highest BCUT2D eigenvalue weighted by Gasteiger charge is 2.32. The van der Waals surface area contributed by atoms with Gasteiger partial charge in [0.25, 0.3) is 0 Å². The molecule has 0 spiro atoms. The Balaban J connectivity index is 1.11. The molecule has 2 unspecified atom stereocenters. The van der Waals surface area contributed by atoms with Crippen LogP contribution in [0, 0.1) is 0 Å². The molecule has 1 heterocycles. The van der Waals surface area contributed by atoms with E-state index in [9.17, 15) is 0 Å². The van der Waals surface area contributed by atoms with Crippen molar-refractivity contribution in [1.29, 1.82) is 0 Å². The van der Waals surface area contributed by atoms with Crippen LogP contribution in [-0.2, 0) is 11.5 Å². The molecule has 2 aromatic carbocycles. The maximum absolute atomic E-state index is 3.83. The molecule has 8 heteroatoms.